The Labute approximate surface area is 89.0 Å². The van der Waals surface area contributed by atoms with Crippen molar-refractivity contribution >= 4 is 18.9 Å². The molecule has 1 aromatic rings. The molecule has 0 aromatic heterocycles. The van der Waals surface area contributed by atoms with Gasteiger partial charge in [0, 0.05) is 10.5 Å². The third-order valence-electron chi connectivity index (χ3n) is 1.06. The molecule has 0 aliphatic rings. The van der Waals surface area contributed by atoms with Gasteiger partial charge in [-0.15, -0.1) is 12.6 Å². The van der Waals surface area contributed by atoms with Crippen molar-refractivity contribution < 1.29 is 35.8 Å². The molecule has 0 N–H and O–H groups in total. The largest absolute Gasteiger partial charge is 1.00 e. The minimum absolute atomic E-state index is 0. The van der Waals surface area contributed by atoms with Crippen LogP contribution in [0, 0.1) is 0 Å². The van der Waals surface area contributed by atoms with Crippen molar-refractivity contribution in [2.24, 2.45) is 0 Å². The van der Waals surface area contributed by atoms with Gasteiger partial charge in [-0.25, -0.2) is 0 Å². The van der Waals surface area contributed by atoms with Gasteiger partial charge in [-0.2, -0.15) is 0 Å². The number of benzene rings is 1. The van der Waals surface area contributed by atoms with Gasteiger partial charge in [-0.05, 0) is 6.07 Å². The molecule has 0 aliphatic heterocycles. The Kier molecular flexibility index (Phi) is 5.09. The Hall–Kier alpha value is 0.240. The molecule has 0 aliphatic carbocycles. The molecule has 0 heterocycles. The van der Waals surface area contributed by atoms with Crippen molar-refractivity contribution in [2.45, 2.75) is 4.90 Å². The predicted octanol–water partition coefficient (Wildman–Crippen LogP) is -1.10. The molecule has 48 valence electrons. The fourth-order valence-electron chi connectivity index (χ4n) is 0.587. The van der Waals surface area contributed by atoms with Gasteiger partial charge >= 0.3 is 29.6 Å². The number of hydrogen-bond donors (Lipinski definition) is 1. The number of carbonyl (C=O) groups excluding carboxylic acids is 1. The number of carbonyl (C=O) groups is 1. The summed E-state index contributed by atoms with van der Waals surface area (Å²) in [6.07, 6.45) is 0.794. The smallest absolute Gasteiger partial charge is 1.00 e. The Balaban J connectivity index is 0. The van der Waals surface area contributed by atoms with E-state index in [4.69, 9.17) is 0 Å². The van der Waals surface area contributed by atoms with Gasteiger partial charge in [0.25, 0.3) is 0 Å². The molecular formula is C7H7NaOS. The number of hydrogen-bond acceptors (Lipinski definition) is 2. The van der Waals surface area contributed by atoms with E-state index in [1.54, 1.807) is 12.1 Å². The summed E-state index contributed by atoms with van der Waals surface area (Å²) in [5.41, 5.74) is 0.640. The summed E-state index contributed by atoms with van der Waals surface area (Å²) in [7, 11) is 0. The quantitative estimate of drug-likeness (QED) is 0.315. The van der Waals surface area contributed by atoms with Gasteiger partial charge in [0.15, 0.2) is 6.29 Å². The van der Waals surface area contributed by atoms with Crippen LogP contribution in [-0.2, 0) is 0 Å². The first-order valence-corrected chi connectivity index (χ1v) is 3.02. The van der Waals surface area contributed by atoms with Gasteiger partial charge < -0.3 is 1.43 Å². The molecule has 0 amide bonds. The van der Waals surface area contributed by atoms with Crippen LogP contribution in [0.25, 0.3) is 0 Å². The maximum absolute atomic E-state index is 10.2. The Morgan fingerprint density at radius 2 is 2.00 bits per heavy atom. The van der Waals surface area contributed by atoms with E-state index >= 15 is 0 Å². The number of aldehydes is 1. The van der Waals surface area contributed by atoms with E-state index in [0.29, 0.717) is 5.56 Å². The van der Waals surface area contributed by atoms with Crippen LogP contribution in [0.5, 0.6) is 0 Å². The first-order valence-electron chi connectivity index (χ1n) is 2.58. The molecule has 1 aromatic carbocycles. The van der Waals surface area contributed by atoms with E-state index in [9.17, 15) is 4.79 Å². The van der Waals surface area contributed by atoms with Gasteiger partial charge in [0.05, 0.1) is 0 Å². The molecule has 3 heteroatoms. The number of rotatable bonds is 1. The summed E-state index contributed by atoms with van der Waals surface area (Å²) in [6, 6.07) is 7.17. The van der Waals surface area contributed by atoms with Gasteiger partial charge in [0.1, 0.15) is 0 Å². The van der Waals surface area contributed by atoms with E-state index < -0.39 is 0 Å². The molecule has 0 atom stereocenters. The predicted molar refractivity (Wildman–Crippen MR) is 40.2 cm³/mol. The molecular weight excluding hydrogens is 155 g/mol. The Morgan fingerprint density at radius 3 is 2.40 bits per heavy atom. The monoisotopic (exact) mass is 162 g/mol. The molecule has 0 saturated carbocycles. The zero-order valence-electron chi connectivity index (χ0n) is 6.74. The number of thiol groups is 1. The third kappa shape index (κ3) is 2.46. The van der Waals surface area contributed by atoms with Crippen LogP contribution < -0.4 is 29.6 Å². The van der Waals surface area contributed by atoms with Crippen molar-refractivity contribution in [3.8, 4) is 0 Å². The van der Waals surface area contributed by atoms with Crippen LogP contribution in [0.4, 0.5) is 0 Å². The maximum Gasteiger partial charge on any atom is 1.00 e. The van der Waals surface area contributed by atoms with Crippen molar-refractivity contribution in [1.29, 1.82) is 0 Å². The molecule has 0 spiro atoms. The fourth-order valence-corrected chi connectivity index (χ4v) is 0.800. The van der Waals surface area contributed by atoms with Crippen LogP contribution in [0.3, 0.4) is 0 Å². The van der Waals surface area contributed by atoms with Gasteiger partial charge in [-0.3, -0.25) is 4.79 Å². The fraction of sp³-hybridized carbons (Fsp3) is 0. The second-order valence-electron chi connectivity index (χ2n) is 1.68. The molecule has 0 radical (unpaired) electrons. The topological polar surface area (TPSA) is 17.1 Å². The normalized spacial score (nSPS) is 8.10. The molecule has 10 heavy (non-hydrogen) atoms. The zero-order valence-corrected chi connectivity index (χ0v) is 8.64. The van der Waals surface area contributed by atoms with E-state index in [1.807, 2.05) is 12.1 Å². The first kappa shape index (κ1) is 10.2. The SMILES string of the molecule is O=Cc1ccccc1S.[H-].[Na+]. The Morgan fingerprint density at radius 1 is 1.40 bits per heavy atom. The van der Waals surface area contributed by atoms with Crippen LogP contribution in [0.1, 0.15) is 11.8 Å². The summed E-state index contributed by atoms with van der Waals surface area (Å²) < 4.78 is 0. The summed E-state index contributed by atoms with van der Waals surface area (Å²) in [4.78, 5) is 10.9. The summed E-state index contributed by atoms with van der Waals surface area (Å²) in [5, 5.41) is 0. The molecule has 0 fully saturated rings. The second kappa shape index (κ2) is 4.97. The van der Waals surface area contributed by atoms with E-state index in [-0.39, 0.29) is 31.0 Å². The minimum Gasteiger partial charge on any atom is -1.00 e. The standard InChI is InChI=1S/C7H6OS.Na.H/c8-5-6-3-1-2-4-7(6)9;;/h1-5,9H;;/q;+1;-1. The summed E-state index contributed by atoms with van der Waals surface area (Å²) in [6.45, 7) is 0. The van der Waals surface area contributed by atoms with Gasteiger partial charge in [0.2, 0.25) is 0 Å². The summed E-state index contributed by atoms with van der Waals surface area (Å²) in [5.74, 6) is 0. The average molecular weight is 162 g/mol. The van der Waals surface area contributed by atoms with Crippen molar-refractivity contribution in [3.05, 3.63) is 29.8 Å². The molecule has 1 rings (SSSR count). The van der Waals surface area contributed by atoms with Crippen molar-refractivity contribution in [3.63, 3.8) is 0 Å². The third-order valence-corrected chi connectivity index (χ3v) is 1.47. The van der Waals surface area contributed by atoms with Crippen LogP contribution in [-0.4, -0.2) is 6.29 Å². The Bertz CT molecular complexity index is 229. The van der Waals surface area contributed by atoms with E-state index in [1.165, 1.54) is 0 Å². The first-order chi connectivity index (χ1) is 4.34. The second-order valence-corrected chi connectivity index (χ2v) is 2.16. The van der Waals surface area contributed by atoms with Gasteiger partial charge in [-0.1, -0.05) is 18.2 Å². The molecule has 0 bridgehead atoms. The van der Waals surface area contributed by atoms with Crippen LogP contribution in [0.15, 0.2) is 29.2 Å². The van der Waals surface area contributed by atoms with E-state index in [2.05, 4.69) is 12.6 Å². The van der Waals surface area contributed by atoms with E-state index in [0.717, 1.165) is 11.2 Å². The average Bonchev–Trinajstić information content (AvgIpc) is 1.89. The van der Waals surface area contributed by atoms with Crippen molar-refractivity contribution in [2.75, 3.05) is 0 Å². The molecule has 0 saturated heterocycles. The maximum atomic E-state index is 10.2. The summed E-state index contributed by atoms with van der Waals surface area (Å²) >= 11 is 4.05. The van der Waals surface area contributed by atoms with Crippen LogP contribution >= 0.6 is 12.6 Å². The zero-order chi connectivity index (χ0) is 6.69. The van der Waals surface area contributed by atoms with Crippen LogP contribution in [0.2, 0.25) is 0 Å². The molecule has 0 unspecified atom stereocenters. The molecule has 1 nitrogen and oxygen atoms in total. The van der Waals surface area contributed by atoms with Crippen molar-refractivity contribution in [1.82, 2.24) is 0 Å². The minimum atomic E-state index is 0.